The van der Waals surface area contributed by atoms with Crippen LogP contribution in [0.3, 0.4) is 0 Å². The summed E-state index contributed by atoms with van der Waals surface area (Å²) < 4.78 is 16.9. The number of rotatable bonds is 63. The van der Waals surface area contributed by atoms with Crippen LogP contribution in [0.4, 0.5) is 0 Å². The maximum Gasteiger partial charge on any atom is 0.306 e. The Morgan fingerprint density at radius 2 is 0.512 bits per heavy atom. The van der Waals surface area contributed by atoms with Gasteiger partial charge in [0.05, 0.1) is 0 Å². The molecule has 0 fully saturated rings. The zero-order chi connectivity index (χ0) is 57.8. The molecule has 0 heterocycles. The van der Waals surface area contributed by atoms with Gasteiger partial charge in [-0.15, -0.1) is 0 Å². The summed E-state index contributed by atoms with van der Waals surface area (Å²) in [6.07, 6.45) is 90.6. The molecule has 0 aliphatic heterocycles. The Bertz CT molecular complexity index is 1520. The summed E-state index contributed by atoms with van der Waals surface area (Å²) in [6.45, 7) is 6.50. The first-order valence-corrected chi connectivity index (χ1v) is 34.6. The summed E-state index contributed by atoms with van der Waals surface area (Å²) in [5.41, 5.74) is 0. The molecule has 0 radical (unpaired) electrons. The Kier molecular flexibility index (Phi) is 65.2. The maximum absolute atomic E-state index is 12.9. The normalized spacial score (nSPS) is 12.6. The Morgan fingerprint density at radius 3 is 0.838 bits per heavy atom. The molecule has 462 valence electrons. The van der Waals surface area contributed by atoms with Crippen molar-refractivity contribution >= 4 is 17.9 Å². The van der Waals surface area contributed by atoms with Crippen molar-refractivity contribution < 1.29 is 28.6 Å². The van der Waals surface area contributed by atoms with Crippen LogP contribution in [0.25, 0.3) is 0 Å². The molecule has 0 saturated heterocycles. The highest BCUT2D eigenvalue weighted by atomic mass is 16.6. The molecule has 1 unspecified atom stereocenters. The van der Waals surface area contributed by atoms with Crippen molar-refractivity contribution in [1.29, 1.82) is 0 Å². The number of allylic oxidation sites excluding steroid dienone is 14. The first kappa shape index (κ1) is 76.6. The lowest BCUT2D eigenvalue weighted by molar-refractivity contribution is -0.166. The highest BCUT2D eigenvalue weighted by molar-refractivity contribution is 5.71. The summed E-state index contributed by atoms with van der Waals surface area (Å²) in [5, 5.41) is 0. The lowest BCUT2D eigenvalue weighted by atomic mass is 10.0. The Labute approximate surface area is 496 Å². The van der Waals surface area contributed by atoms with E-state index in [2.05, 4.69) is 99.8 Å². The van der Waals surface area contributed by atoms with Gasteiger partial charge in [-0.2, -0.15) is 0 Å². The smallest absolute Gasteiger partial charge is 0.306 e. The van der Waals surface area contributed by atoms with E-state index >= 15 is 0 Å². The minimum absolute atomic E-state index is 0.0946. The molecule has 80 heavy (non-hydrogen) atoms. The SMILES string of the molecule is CC/C=C\C/C=C\C/C=C\C/C=C\CCC(=O)OCC(COC(=O)CCCCCCCCCCCCCCCCCC/C=C\C/C=C\C/C=C\CCCCCCC)OC(=O)CCCCCCCCCCCCCCCCCCCC. The molecule has 0 aliphatic rings. The molecule has 6 nitrogen and oxygen atoms in total. The summed E-state index contributed by atoms with van der Waals surface area (Å²) in [6, 6.07) is 0. The van der Waals surface area contributed by atoms with Crippen LogP contribution in [0, 0.1) is 0 Å². The van der Waals surface area contributed by atoms with Crippen LogP contribution in [0.15, 0.2) is 85.1 Å². The van der Waals surface area contributed by atoms with E-state index in [1.54, 1.807) is 0 Å². The summed E-state index contributed by atoms with van der Waals surface area (Å²) in [4.78, 5) is 38.3. The van der Waals surface area contributed by atoms with Gasteiger partial charge >= 0.3 is 17.9 Å². The fourth-order valence-electron chi connectivity index (χ4n) is 10.00. The fourth-order valence-corrected chi connectivity index (χ4v) is 10.00. The van der Waals surface area contributed by atoms with Crippen molar-refractivity contribution in [3.05, 3.63) is 85.1 Å². The van der Waals surface area contributed by atoms with Crippen molar-refractivity contribution in [2.24, 2.45) is 0 Å². The number of hydrogen-bond donors (Lipinski definition) is 0. The standard InChI is InChI=1S/C74H130O6/c1-4-7-10-13-16-19-22-25-27-29-31-32-33-34-35-36-37-38-39-40-41-42-43-45-46-49-52-55-58-61-64-67-73(76)79-70-71(69-78-72(75)66-63-60-57-54-51-48-24-21-18-15-12-9-6-3)80-74(77)68-65-62-59-56-53-50-47-44-30-28-26-23-20-17-14-11-8-5-2/h9,12,18,21-22,25,29,31,33-34,48,51,57,60,71H,4-8,10-11,13-17,19-20,23-24,26-28,30,32,35-47,49-50,52-56,58-59,61-70H2,1-3H3/b12-9-,21-18-,25-22-,31-29-,34-33-,51-48-,60-57-. The number of carbonyl (C=O) groups is 3. The van der Waals surface area contributed by atoms with E-state index in [1.807, 2.05) is 6.08 Å². The second-order valence-corrected chi connectivity index (χ2v) is 23.1. The minimum atomic E-state index is -0.804. The van der Waals surface area contributed by atoms with Gasteiger partial charge in [-0.25, -0.2) is 0 Å². The molecule has 6 heteroatoms. The van der Waals surface area contributed by atoms with Gasteiger partial charge in [0, 0.05) is 19.3 Å². The Balaban J connectivity index is 4.22. The summed E-state index contributed by atoms with van der Waals surface area (Å²) >= 11 is 0. The molecule has 0 aliphatic carbocycles. The van der Waals surface area contributed by atoms with Gasteiger partial charge in [0.1, 0.15) is 13.2 Å². The molecule has 0 saturated carbocycles. The van der Waals surface area contributed by atoms with Crippen LogP contribution >= 0.6 is 0 Å². The molecule has 0 aromatic heterocycles. The molecule has 0 amide bonds. The largest absolute Gasteiger partial charge is 0.462 e. The molecule has 0 spiro atoms. The Hall–Kier alpha value is -3.41. The second-order valence-electron chi connectivity index (χ2n) is 23.1. The number of unbranched alkanes of at least 4 members (excludes halogenated alkanes) is 38. The van der Waals surface area contributed by atoms with E-state index in [1.165, 1.54) is 225 Å². The van der Waals surface area contributed by atoms with Crippen molar-refractivity contribution in [3.8, 4) is 0 Å². The minimum Gasteiger partial charge on any atom is -0.462 e. The second kappa shape index (κ2) is 68.1. The average molecular weight is 1120 g/mol. The Morgan fingerprint density at radius 1 is 0.263 bits per heavy atom. The highest BCUT2D eigenvalue weighted by Crippen LogP contribution is 2.18. The lowest BCUT2D eigenvalue weighted by Gasteiger charge is -2.18. The van der Waals surface area contributed by atoms with Gasteiger partial charge in [0.2, 0.25) is 0 Å². The predicted octanol–water partition coefficient (Wildman–Crippen LogP) is 23.8. The van der Waals surface area contributed by atoms with Crippen LogP contribution < -0.4 is 0 Å². The van der Waals surface area contributed by atoms with E-state index < -0.39 is 6.10 Å². The monoisotopic (exact) mass is 1110 g/mol. The number of ether oxygens (including phenoxy) is 3. The van der Waals surface area contributed by atoms with E-state index in [4.69, 9.17) is 14.2 Å². The zero-order valence-electron chi connectivity index (χ0n) is 53.1. The third kappa shape index (κ3) is 65.4. The van der Waals surface area contributed by atoms with E-state index in [9.17, 15) is 14.4 Å². The molecule has 0 aromatic carbocycles. The topological polar surface area (TPSA) is 78.9 Å². The molecule has 0 N–H and O–H groups in total. The van der Waals surface area contributed by atoms with Gasteiger partial charge in [-0.3, -0.25) is 14.4 Å². The van der Waals surface area contributed by atoms with Crippen molar-refractivity contribution in [3.63, 3.8) is 0 Å². The van der Waals surface area contributed by atoms with Crippen molar-refractivity contribution in [2.45, 2.75) is 354 Å². The van der Waals surface area contributed by atoms with Crippen LogP contribution in [0.1, 0.15) is 348 Å². The molecular formula is C74H130O6. The van der Waals surface area contributed by atoms with E-state index in [-0.39, 0.29) is 37.5 Å². The van der Waals surface area contributed by atoms with Crippen LogP contribution in [-0.2, 0) is 28.6 Å². The zero-order valence-corrected chi connectivity index (χ0v) is 53.1. The van der Waals surface area contributed by atoms with Crippen molar-refractivity contribution in [1.82, 2.24) is 0 Å². The first-order valence-electron chi connectivity index (χ1n) is 34.6. The fraction of sp³-hybridized carbons (Fsp3) is 0.770. The molecule has 0 bridgehead atoms. The molecule has 0 aromatic rings. The average Bonchev–Trinajstić information content (AvgIpc) is 3.46. The number of hydrogen-bond acceptors (Lipinski definition) is 6. The van der Waals surface area contributed by atoms with Crippen LogP contribution in [0.5, 0.6) is 0 Å². The van der Waals surface area contributed by atoms with Gasteiger partial charge < -0.3 is 14.2 Å². The molecular weight excluding hydrogens is 985 g/mol. The number of esters is 3. The maximum atomic E-state index is 12.9. The summed E-state index contributed by atoms with van der Waals surface area (Å²) in [7, 11) is 0. The third-order valence-electron chi connectivity index (χ3n) is 15.1. The van der Waals surface area contributed by atoms with Gasteiger partial charge in [-0.1, -0.05) is 331 Å². The van der Waals surface area contributed by atoms with Crippen molar-refractivity contribution in [2.75, 3.05) is 13.2 Å². The third-order valence-corrected chi connectivity index (χ3v) is 15.1. The highest BCUT2D eigenvalue weighted by Gasteiger charge is 2.19. The quantitative estimate of drug-likeness (QED) is 0.0261. The number of carbonyl (C=O) groups excluding carboxylic acids is 3. The van der Waals surface area contributed by atoms with E-state index in [0.717, 1.165) is 77.0 Å². The molecule has 0 rings (SSSR count). The van der Waals surface area contributed by atoms with Gasteiger partial charge in [0.15, 0.2) is 6.10 Å². The van der Waals surface area contributed by atoms with Crippen LogP contribution in [0.2, 0.25) is 0 Å². The predicted molar refractivity (Wildman–Crippen MR) is 348 cm³/mol. The first-order chi connectivity index (χ1) is 39.5. The summed E-state index contributed by atoms with van der Waals surface area (Å²) in [5.74, 6) is -0.962. The van der Waals surface area contributed by atoms with E-state index in [0.29, 0.717) is 19.3 Å². The van der Waals surface area contributed by atoms with Gasteiger partial charge in [-0.05, 0) is 83.5 Å². The molecule has 1 atom stereocenters. The lowest BCUT2D eigenvalue weighted by Crippen LogP contribution is -2.30. The van der Waals surface area contributed by atoms with Gasteiger partial charge in [0.25, 0.3) is 0 Å². The van der Waals surface area contributed by atoms with Crippen LogP contribution in [-0.4, -0.2) is 37.2 Å².